The van der Waals surface area contributed by atoms with Crippen LogP contribution in [0.1, 0.15) is 28.4 Å². The first kappa shape index (κ1) is 14.6. The molecule has 2 rings (SSSR count). The quantitative estimate of drug-likeness (QED) is 0.891. The van der Waals surface area contributed by atoms with Crippen molar-refractivity contribution in [3.8, 4) is 0 Å². The highest BCUT2D eigenvalue weighted by atomic mass is 32.2. The van der Waals surface area contributed by atoms with E-state index in [1.54, 1.807) is 6.07 Å². The predicted molar refractivity (Wildman–Crippen MR) is 79.3 cm³/mol. The summed E-state index contributed by atoms with van der Waals surface area (Å²) in [6.07, 6.45) is 0.766. The van der Waals surface area contributed by atoms with Crippen molar-refractivity contribution in [2.24, 2.45) is 4.99 Å². The highest BCUT2D eigenvalue weighted by molar-refractivity contribution is 8.14. The molecule has 20 heavy (non-hydrogen) atoms. The van der Waals surface area contributed by atoms with Crippen molar-refractivity contribution < 1.29 is 14.7 Å². The lowest BCUT2D eigenvalue weighted by Crippen LogP contribution is -2.28. The molecule has 0 saturated carbocycles. The Morgan fingerprint density at radius 3 is 2.85 bits per heavy atom. The average Bonchev–Trinajstić information content (AvgIpc) is 2.87. The van der Waals surface area contributed by atoms with Gasteiger partial charge in [-0.05, 0) is 25.0 Å². The van der Waals surface area contributed by atoms with Gasteiger partial charge in [-0.3, -0.25) is 4.79 Å². The Bertz CT molecular complexity index is 584. The second-order valence-electron chi connectivity index (χ2n) is 4.57. The highest BCUT2D eigenvalue weighted by Gasteiger charge is 2.25. The van der Waals surface area contributed by atoms with Crippen LogP contribution in [0.5, 0.6) is 0 Å². The van der Waals surface area contributed by atoms with E-state index in [0.717, 1.165) is 17.5 Å². The number of aliphatic imine (C=N–C) groups is 1. The number of hydrogen-bond donors (Lipinski definition) is 2. The Kier molecular flexibility index (Phi) is 4.44. The average molecular weight is 292 g/mol. The first-order valence-corrected chi connectivity index (χ1v) is 7.34. The number of nitrogens with zero attached hydrogens (tertiary/aromatic N) is 1. The minimum Gasteiger partial charge on any atom is -0.480 e. The zero-order chi connectivity index (χ0) is 14.7. The van der Waals surface area contributed by atoms with Gasteiger partial charge in [0.05, 0.1) is 0 Å². The number of rotatable bonds is 3. The molecule has 1 aromatic rings. The van der Waals surface area contributed by atoms with Crippen molar-refractivity contribution in [1.82, 2.24) is 5.32 Å². The maximum Gasteiger partial charge on any atom is 0.329 e. The van der Waals surface area contributed by atoms with Crippen LogP contribution >= 0.6 is 11.8 Å². The van der Waals surface area contributed by atoms with Gasteiger partial charge in [-0.1, -0.05) is 36.4 Å². The fourth-order valence-corrected chi connectivity index (χ4v) is 2.87. The molecule has 2 N–H and O–H groups in total. The Balaban J connectivity index is 2.13. The van der Waals surface area contributed by atoms with E-state index >= 15 is 0 Å². The number of amides is 1. The molecule has 106 valence electrons. The number of carboxylic acids is 1. The molecule has 1 amide bonds. The van der Waals surface area contributed by atoms with Crippen molar-refractivity contribution in [3.63, 3.8) is 0 Å². The minimum absolute atomic E-state index is 0.237. The molecule has 1 unspecified atom stereocenters. The standard InChI is InChI=1S/C14H16N2O3S/c1-3-9-6-8(2)4-5-10(9)12(17)16-14-15-11(7-20-14)13(18)19/h4-6,11H,3,7H2,1-2H3,(H,18,19)(H,15,16,17). The number of nitrogens with one attached hydrogen (secondary N) is 1. The lowest BCUT2D eigenvalue weighted by atomic mass is 10.0. The van der Waals surface area contributed by atoms with E-state index in [-0.39, 0.29) is 5.91 Å². The minimum atomic E-state index is -0.966. The van der Waals surface area contributed by atoms with E-state index in [1.807, 2.05) is 26.0 Å². The summed E-state index contributed by atoms with van der Waals surface area (Å²) in [5, 5.41) is 11.9. The summed E-state index contributed by atoms with van der Waals surface area (Å²) in [5.74, 6) is -0.843. The molecule has 1 aliphatic heterocycles. The number of benzene rings is 1. The van der Waals surface area contributed by atoms with Gasteiger partial charge in [-0.25, -0.2) is 9.79 Å². The van der Waals surface area contributed by atoms with Crippen molar-refractivity contribution in [3.05, 3.63) is 34.9 Å². The van der Waals surface area contributed by atoms with E-state index in [2.05, 4.69) is 10.3 Å². The summed E-state index contributed by atoms with van der Waals surface area (Å²) < 4.78 is 0. The summed E-state index contributed by atoms with van der Waals surface area (Å²) in [7, 11) is 0. The summed E-state index contributed by atoms with van der Waals surface area (Å²) in [4.78, 5) is 27.0. The number of carbonyl (C=O) groups is 2. The smallest absolute Gasteiger partial charge is 0.329 e. The molecule has 1 heterocycles. The normalized spacial score (nSPS) is 17.7. The van der Waals surface area contributed by atoms with Gasteiger partial charge in [0.1, 0.15) is 0 Å². The van der Waals surface area contributed by atoms with Crippen LogP contribution in [0.4, 0.5) is 0 Å². The molecule has 0 aromatic heterocycles. The van der Waals surface area contributed by atoms with E-state index in [0.29, 0.717) is 16.5 Å². The first-order valence-electron chi connectivity index (χ1n) is 6.35. The fourth-order valence-electron chi connectivity index (χ4n) is 1.97. The summed E-state index contributed by atoms with van der Waals surface area (Å²) in [6.45, 7) is 3.98. The van der Waals surface area contributed by atoms with E-state index in [1.165, 1.54) is 11.8 Å². The molecular weight excluding hydrogens is 276 g/mol. The van der Waals surface area contributed by atoms with Crippen molar-refractivity contribution in [2.45, 2.75) is 26.3 Å². The highest BCUT2D eigenvalue weighted by Crippen LogP contribution is 2.18. The molecule has 0 radical (unpaired) electrons. The topological polar surface area (TPSA) is 78.8 Å². The van der Waals surface area contributed by atoms with Crippen LogP contribution in [0.25, 0.3) is 0 Å². The third kappa shape index (κ3) is 3.19. The van der Waals surface area contributed by atoms with Gasteiger partial charge in [-0.15, -0.1) is 0 Å². The molecule has 6 heteroatoms. The first-order chi connectivity index (χ1) is 9.51. The third-order valence-corrected chi connectivity index (χ3v) is 4.01. The second kappa shape index (κ2) is 6.09. The Morgan fingerprint density at radius 2 is 2.25 bits per heavy atom. The van der Waals surface area contributed by atoms with Crippen LogP contribution in [-0.2, 0) is 11.2 Å². The zero-order valence-corrected chi connectivity index (χ0v) is 12.2. The predicted octanol–water partition coefficient (Wildman–Crippen LogP) is 1.84. The molecule has 1 aliphatic rings. The van der Waals surface area contributed by atoms with Gasteiger partial charge in [0, 0.05) is 11.3 Å². The van der Waals surface area contributed by atoms with Crippen molar-refractivity contribution in [1.29, 1.82) is 0 Å². The molecule has 0 saturated heterocycles. The molecule has 0 spiro atoms. The summed E-state index contributed by atoms with van der Waals surface area (Å²) in [5.41, 5.74) is 2.69. The number of aryl methyl sites for hydroxylation is 2. The lowest BCUT2D eigenvalue weighted by molar-refractivity contribution is -0.137. The Labute approximate surface area is 121 Å². The molecular formula is C14H16N2O3S. The monoisotopic (exact) mass is 292 g/mol. The van der Waals surface area contributed by atoms with Crippen LogP contribution < -0.4 is 5.32 Å². The van der Waals surface area contributed by atoms with E-state index in [4.69, 9.17) is 5.11 Å². The van der Waals surface area contributed by atoms with Gasteiger partial charge in [0.15, 0.2) is 11.2 Å². The number of aliphatic carboxylic acids is 1. The van der Waals surface area contributed by atoms with Crippen LogP contribution in [0.2, 0.25) is 0 Å². The zero-order valence-electron chi connectivity index (χ0n) is 11.3. The number of amidine groups is 1. The second-order valence-corrected chi connectivity index (χ2v) is 5.58. The maximum absolute atomic E-state index is 12.2. The van der Waals surface area contributed by atoms with Crippen molar-refractivity contribution >= 4 is 28.8 Å². The molecule has 0 fully saturated rings. The fraction of sp³-hybridized carbons (Fsp3) is 0.357. The number of carboxylic acid groups (broad SMARTS) is 1. The van der Waals surface area contributed by atoms with Gasteiger partial charge in [-0.2, -0.15) is 0 Å². The molecule has 5 nitrogen and oxygen atoms in total. The Morgan fingerprint density at radius 1 is 1.50 bits per heavy atom. The largest absolute Gasteiger partial charge is 0.480 e. The Hall–Kier alpha value is -1.82. The van der Waals surface area contributed by atoms with Crippen LogP contribution in [0.15, 0.2) is 23.2 Å². The van der Waals surface area contributed by atoms with Gasteiger partial charge < -0.3 is 10.4 Å². The van der Waals surface area contributed by atoms with E-state index in [9.17, 15) is 9.59 Å². The summed E-state index contributed by atoms with van der Waals surface area (Å²) >= 11 is 1.26. The SMILES string of the molecule is CCc1cc(C)ccc1C(=O)NC1=NC(C(=O)O)CS1. The molecule has 1 aromatic carbocycles. The van der Waals surface area contributed by atoms with E-state index < -0.39 is 12.0 Å². The summed E-state index contributed by atoms with van der Waals surface area (Å²) in [6, 6.07) is 4.90. The molecule has 0 bridgehead atoms. The maximum atomic E-state index is 12.2. The van der Waals surface area contributed by atoms with Gasteiger partial charge in [0.25, 0.3) is 5.91 Å². The number of carbonyl (C=O) groups excluding carboxylic acids is 1. The van der Waals surface area contributed by atoms with Crippen LogP contribution in [0, 0.1) is 6.92 Å². The van der Waals surface area contributed by atoms with Crippen LogP contribution in [-0.4, -0.2) is 33.9 Å². The number of hydrogen-bond acceptors (Lipinski definition) is 4. The van der Waals surface area contributed by atoms with Crippen LogP contribution in [0.3, 0.4) is 0 Å². The molecule has 1 atom stereocenters. The van der Waals surface area contributed by atoms with Crippen molar-refractivity contribution in [2.75, 3.05) is 5.75 Å². The lowest BCUT2D eigenvalue weighted by Gasteiger charge is -2.09. The van der Waals surface area contributed by atoms with Gasteiger partial charge >= 0.3 is 5.97 Å². The van der Waals surface area contributed by atoms with Gasteiger partial charge in [0.2, 0.25) is 0 Å². The molecule has 0 aliphatic carbocycles. The number of thioether (sulfide) groups is 1. The third-order valence-electron chi connectivity index (χ3n) is 3.04.